The molecule has 0 aromatic carbocycles. The summed E-state index contributed by atoms with van der Waals surface area (Å²) in [6.45, 7) is 7.11. The third-order valence-electron chi connectivity index (χ3n) is 3.35. The Bertz CT molecular complexity index is 524. The lowest BCUT2D eigenvalue weighted by atomic mass is 10.1. The van der Waals surface area contributed by atoms with E-state index in [1.807, 2.05) is 6.20 Å². The second-order valence-electron chi connectivity index (χ2n) is 5.50. The molecule has 0 aliphatic rings. The lowest BCUT2D eigenvalue weighted by Crippen LogP contribution is -2.30. The van der Waals surface area contributed by atoms with Crippen molar-refractivity contribution in [1.82, 2.24) is 19.9 Å². The average molecular weight is 274 g/mol. The maximum absolute atomic E-state index is 5.46. The summed E-state index contributed by atoms with van der Waals surface area (Å²) < 4.78 is 5.46. The molecule has 5 heteroatoms. The molecule has 0 radical (unpaired) electrons. The number of oxazole rings is 1. The molecule has 2 aromatic rings. The second-order valence-corrected chi connectivity index (χ2v) is 5.50. The number of hydrogen-bond donors (Lipinski definition) is 0. The van der Waals surface area contributed by atoms with Crippen LogP contribution in [-0.2, 0) is 13.0 Å². The SMILES string of the molecule is CC(C)c1nc(CN(C)[C@@H](C)Cc2cnccn2)co1. The summed E-state index contributed by atoms with van der Waals surface area (Å²) in [5.74, 6) is 1.13. The predicted octanol–water partition coefficient (Wildman–Crippen LogP) is 2.65. The fourth-order valence-corrected chi connectivity index (χ4v) is 1.97. The van der Waals surface area contributed by atoms with Gasteiger partial charge in [-0.1, -0.05) is 13.8 Å². The van der Waals surface area contributed by atoms with Crippen LogP contribution in [0.2, 0.25) is 0 Å². The van der Waals surface area contributed by atoms with Gasteiger partial charge >= 0.3 is 0 Å². The van der Waals surface area contributed by atoms with Gasteiger partial charge in [-0.05, 0) is 14.0 Å². The molecule has 0 fully saturated rings. The molecule has 2 aromatic heterocycles. The van der Waals surface area contributed by atoms with Gasteiger partial charge in [0.1, 0.15) is 6.26 Å². The van der Waals surface area contributed by atoms with Crippen LogP contribution in [0, 0.1) is 0 Å². The summed E-state index contributed by atoms with van der Waals surface area (Å²) in [7, 11) is 2.09. The van der Waals surface area contributed by atoms with Crippen LogP contribution in [0.4, 0.5) is 0 Å². The molecule has 0 saturated carbocycles. The minimum absolute atomic E-state index is 0.325. The minimum Gasteiger partial charge on any atom is -0.448 e. The van der Waals surface area contributed by atoms with Gasteiger partial charge in [0.25, 0.3) is 0 Å². The Hall–Kier alpha value is -1.75. The van der Waals surface area contributed by atoms with E-state index in [4.69, 9.17) is 4.42 Å². The Morgan fingerprint density at radius 2 is 2.00 bits per heavy atom. The van der Waals surface area contributed by atoms with Crippen molar-refractivity contribution in [1.29, 1.82) is 0 Å². The molecule has 0 aliphatic carbocycles. The molecule has 108 valence electrons. The molecule has 0 amide bonds. The van der Waals surface area contributed by atoms with Crippen molar-refractivity contribution < 1.29 is 4.42 Å². The molecule has 0 N–H and O–H groups in total. The van der Waals surface area contributed by atoms with Gasteiger partial charge in [-0.3, -0.25) is 14.9 Å². The fraction of sp³-hybridized carbons (Fsp3) is 0.533. The zero-order valence-corrected chi connectivity index (χ0v) is 12.6. The minimum atomic E-state index is 0.325. The maximum Gasteiger partial charge on any atom is 0.196 e. The summed E-state index contributed by atoms with van der Waals surface area (Å²) in [5, 5.41) is 0. The normalized spacial score (nSPS) is 13.1. The van der Waals surface area contributed by atoms with Crippen molar-refractivity contribution in [2.45, 2.75) is 45.7 Å². The van der Waals surface area contributed by atoms with E-state index in [-0.39, 0.29) is 0 Å². The molecule has 20 heavy (non-hydrogen) atoms. The van der Waals surface area contributed by atoms with Gasteiger partial charge in [0.2, 0.25) is 0 Å². The van der Waals surface area contributed by atoms with Crippen LogP contribution in [0.5, 0.6) is 0 Å². The highest BCUT2D eigenvalue weighted by Gasteiger charge is 2.14. The van der Waals surface area contributed by atoms with Crippen molar-refractivity contribution in [2.24, 2.45) is 0 Å². The van der Waals surface area contributed by atoms with Crippen LogP contribution in [0.25, 0.3) is 0 Å². The van der Waals surface area contributed by atoms with Gasteiger partial charge in [-0.2, -0.15) is 0 Å². The molecular weight excluding hydrogens is 252 g/mol. The second kappa shape index (κ2) is 6.61. The quantitative estimate of drug-likeness (QED) is 0.810. The molecule has 0 unspecified atom stereocenters. The van der Waals surface area contributed by atoms with Crippen LogP contribution < -0.4 is 0 Å². The Morgan fingerprint density at radius 1 is 1.20 bits per heavy atom. The van der Waals surface area contributed by atoms with E-state index in [0.717, 1.165) is 30.2 Å². The molecule has 1 atom stereocenters. The lowest BCUT2D eigenvalue weighted by molar-refractivity contribution is 0.244. The molecular formula is C15H22N4O. The first-order chi connectivity index (χ1) is 9.56. The first kappa shape index (κ1) is 14.7. The first-order valence-electron chi connectivity index (χ1n) is 6.95. The highest BCUT2D eigenvalue weighted by atomic mass is 16.3. The van der Waals surface area contributed by atoms with E-state index in [1.54, 1.807) is 18.7 Å². The van der Waals surface area contributed by atoms with Crippen LogP contribution >= 0.6 is 0 Å². The summed E-state index contributed by atoms with van der Waals surface area (Å²) in [4.78, 5) is 15.2. The molecule has 0 saturated heterocycles. The monoisotopic (exact) mass is 274 g/mol. The predicted molar refractivity (Wildman–Crippen MR) is 77.3 cm³/mol. The molecule has 0 aliphatic heterocycles. The number of rotatable bonds is 6. The Morgan fingerprint density at radius 3 is 2.60 bits per heavy atom. The molecule has 2 heterocycles. The van der Waals surface area contributed by atoms with Crippen LogP contribution in [0.15, 0.2) is 29.3 Å². The van der Waals surface area contributed by atoms with E-state index >= 15 is 0 Å². The van der Waals surface area contributed by atoms with Crippen LogP contribution in [0.3, 0.4) is 0 Å². The summed E-state index contributed by atoms with van der Waals surface area (Å²) >= 11 is 0. The third-order valence-corrected chi connectivity index (χ3v) is 3.35. The van der Waals surface area contributed by atoms with E-state index in [2.05, 4.69) is 47.7 Å². The van der Waals surface area contributed by atoms with Gasteiger partial charge in [0, 0.05) is 43.5 Å². The van der Waals surface area contributed by atoms with Crippen molar-refractivity contribution >= 4 is 0 Å². The zero-order chi connectivity index (χ0) is 14.5. The fourth-order valence-electron chi connectivity index (χ4n) is 1.97. The molecule has 5 nitrogen and oxygen atoms in total. The first-order valence-corrected chi connectivity index (χ1v) is 6.95. The Kier molecular flexibility index (Phi) is 4.84. The van der Waals surface area contributed by atoms with Crippen molar-refractivity contribution in [3.8, 4) is 0 Å². The van der Waals surface area contributed by atoms with E-state index < -0.39 is 0 Å². The maximum atomic E-state index is 5.46. The van der Waals surface area contributed by atoms with E-state index in [0.29, 0.717) is 12.0 Å². The summed E-state index contributed by atoms with van der Waals surface area (Å²) in [6, 6.07) is 0.367. The molecule has 0 spiro atoms. The number of aromatic nitrogens is 3. The molecule has 2 rings (SSSR count). The lowest BCUT2D eigenvalue weighted by Gasteiger charge is -2.23. The number of likely N-dealkylation sites (N-methyl/N-ethyl adjacent to an activating group) is 1. The van der Waals surface area contributed by atoms with Gasteiger partial charge in [-0.25, -0.2) is 4.98 Å². The number of nitrogens with zero attached hydrogens (tertiary/aromatic N) is 4. The third kappa shape index (κ3) is 3.87. The topological polar surface area (TPSA) is 55.1 Å². The highest BCUT2D eigenvalue weighted by Crippen LogP contribution is 2.15. The standard InChI is InChI=1S/C15H22N4O/c1-11(2)15-18-14(10-20-15)9-19(4)12(3)7-13-8-16-5-6-17-13/h5-6,8,10-12H,7,9H2,1-4H3/t12-/m0/s1. The van der Waals surface area contributed by atoms with Crippen molar-refractivity contribution in [2.75, 3.05) is 7.05 Å². The largest absolute Gasteiger partial charge is 0.448 e. The van der Waals surface area contributed by atoms with Gasteiger partial charge in [0.15, 0.2) is 5.89 Å². The Balaban J connectivity index is 1.91. The highest BCUT2D eigenvalue weighted by molar-refractivity contribution is 5.01. The average Bonchev–Trinajstić information content (AvgIpc) is 2.88. The van der Waals surface area contributed by atoms with Gasteiger partial charge < -0.3 is 4.42 Å². The summed E-state index contributed by atoms with van der Waals surface area (Å²) in [6.07, 6.45) is 7.87. The van der Waals surface area contributed by atoms with Crippen LogP contribution in [0.1, 0.15) is 44.0 Å². The number of hydrogen-bond acceptors (Lipinski definition) is 5. The zero-order valence-electron chi connectivity index (χ0n) is 12.6. The van der Waals surface area contributed by atoms with Gasteiger partial charge in [-0.15, -0.1) is 0 Å². The summed E-state index contributed by atoms with van der Waals surface area (Å²) in [5.41, 5.74) is 1.98. The smallest absolute Gasteiger partial charge is 0.196 e. The Labute approximate surface area is 120 Å². The van der Waals surface area contributed by atoms with E-state index in [1.165, 1.54) is 0 Å². The van der Waals surface area contributed by atoms with Crippen molar-refractivity contribution in [3.63, 3.8) is 0 Å². The van der Waals surface area contributed by atoms with Crippen molar-refractivity contribution in [3.05, 3.63) is 42.1 Å². The van der Waals surface area contributed by atoms with Gasteiger partial charge in [0.05, 0.1) is 11.4 Å². The van der Waals surface area contributed by atoms with Crippen LogP contribution in [-0.4, -0.2) is 32.9 Å². The molecule has 0 bridgehead atoms. The van der Waals surface area contributed by atoms with E-state index in [9.17, 15) is 0 Å².